The van der Waals surface area contributed by atoms with Crippen LogP contribution in [0.4, 0.5) is 5.69 Å². The van der Waals surface area contributed by atoms with E-state index in [1.165, 1.54) is 0 Å². The molecule has 0 saturated carbocycles. The van der Waals surface area contributed by atoms with Crippen molar-refractivity contribution in [2.45, 2.75) is 25.5 Å². The minimum Gasteiger partial charge on any atom is -0.497 e. The molecular formula is C23H30N2O5S. The summed E-state index contributed by atoms with van der Waals surface area (Å²) in [7, 11) is 6.47. The van der Waals surface area contributed by atoms with Crippen LogP contribution in [-0.2, 0) is 11.3 Å². The van der Waals surface area contributed by atoms with Gasteiger partial charge in [0.25, 0.3) is 0 Å². The molecule has 1 aliphatic rings. The van der Waals surface area contributed by atoms with Crippen molar-refractivity contribution in [1.29, 1.82) is 0 Å². The van der Waals surface area contributed by atoms with Crippen molar-refractivity contribution in [2.75, 3.05) is 46.9 Å². The molecule has 1 saturated heterocycles. The quantitative estimate of drug-likeness (QED) is 0.578. The third kappa shape index (κ3) is 5.92. The molecule has 0 bridgehead atoms. The van der Waals surface area contributed by atoms with Gasteiger partial charge in [-0.05, 0) is 67.0 Å². The molecular weight excluding hydrogens is 416 g/mol. The van der Waals surface area contributed by atoms with Gasteiger partial charge in [-0.2, -0.15) is 0 Å². The highest BCUT2D eigenvalue weighted by Crippen LogP contribution is 2.38. The van der Waals surface area contributed by atoms with Gasteiger partial charge in [-0.15, -0.1) is 0 Å². The lowest BCUT2D eigenvalue weighted by molar-refractivity contribution is 0.0905. The predicted molar refractivity (Wildman–Crippen MR) is 125 cm³/mol. The average Bonchev–Trinajstić information content (AvgIpc) is 3.31. The van der Waals surface area contributed by atoms with E-state index in [2.05, 4.69) is 10.2 Å². The lowest BCUT2D eigenvalue weighted by Gasteiger charge is -2.29. The minimum atomic E-state index is 0.151. The molecule has 1 atom stereocenters. The fourth-order valence-corrected chi connectivity index (χ4v) is 3.83. The van der Waals surface area contributed by atoms with E-state index >= 15 is 0 Å². The van der Waals surface area contributed by atoms with E-state index in [-0.39, 0.29) is 6.10 Å². The van der Waals surface area contributed by atoms with E-state index < -0.39 is 0 Å². The largest absolute Gasteiger partial charge is 0.497 e. The monoisotopic (exact) mass is 446 g/mol. The molecule has 0 aliphatic carbocycles. The third-order valence-electron chi connectivity index (χ3n) is 5.17. The summed E-state index contributed by atoms with van der Waals surface area (Å²) in [5, 5.41) is 3.95. The Labute approximate surface area is 189 Å². The number of hydrogen-bond acceptors (Lipinski definition) is 6. The summed E-state index contributed by atoms with van der Waals surface area (Å²) in [4.78, 5) is 2.11. The molecule has 0 aromatic heterocycles. The molecule has 7 nitrogen and oxygen atoms in total. The van der Waals surface area contributed by atoms with Crippen LogP contribution >= 0.6 is 12.2 Å². The lowest BCUT2D eigenvalue weighted by Crippen LogP contribution is -2.39. The highest BCUT2D eigenvalue weighted by atomic mass is 32.1. The van der Waals surface area contributed by atoms with Gasteiger partial charge in [0.05, 0.1) is 34.5 Å². The van der Waals surface area contributed by atoms with Crippen LogP contribution in [0.2, 0.25) is 0 Å². The lowest BCUT2D eigenvalue weighted by atomic mass is 10.1. The normalized spacial score (nSPS) is 15.3. The summed E-state index contributed by atoms with van der Waals surface area (Å²) >= 11 is 5.76. The van der Waals surface area contributed by atoms with Gasteiger partial charge < -0.3 is 33.9 Å². The maximum atomic E-state index is 5.86. The molecule has 168 valence electrons. The van der Waals surface area contributed by atoms with Crippen molar-refractivity contribution < 1.29 is 23.7 Å². The number of nitrogens with one attached hydrogen (secondary N) is 1. The number of anilines is 1. The molecule has 2 aromatic rings. The van der Waals surface area contributed by atoms with Crippen molar-refractivity contribution in [3.8, 4) is 23.0 Å². The first-order valence-electron chi connectivity index (χ1n) is 10.2. The molecule has 1 N–H and O–H groups in total. The fourth-order valence-electron chi connectivity index (χ4n) is 3.58. The number of benzene rings is 2. The predicted octanol–water partition coefficient (Wildman–Crippen LogP) is 4.10. The molecule has 31 heavy (non-hydrogen) atoms. The Hall–Kier alpha value is -2.71. The van der Waals surface area contributed by atoms with E-state index in [1.54, 1.807) is 28.4 Å². The van der Waals surface area contributed by atoms with Crippen LogP contribution in [0.15, 0.2) is 36.4 Å². The van der Waals surface area contributed by atoms with Gasteiger partial charge in [0.2, 0.25) is 5.75 Å². The van der Waals surface area contributed by atoms with Crippen molar-refractivity contribution in [1.82, 2.24) is 4.90 Å². The number of rotatable bonds is 9. The second kappa shape index (κ2) is 11.1. The van der Waals surface area contributed by atoms with Crippen molar-refractivity contribution in [3.05, 3.63) is 42.0 Å². The summed E-state index contributed by atoms with van der Waals surface area (Å²) in [6.45, 7) is 2.05. The van der Waals surface area contributed by atoms with E-state index in [4.69, 9.17) is 35.9 Å². The number of nitrogens with zero attached hydrogens (tertiary/aromatic N) is 1. The standard InChI is InChI=1S/C23H30N2O5S/c1-26-18-9-7-17(8-10-18)24-23(31)25(15-19-6-5-11-30-19)14-16-12-20(27-2)22(29-4)21(13-16)28-3/h7-10,12-13,19H,5-6,11,14-15H2,1-4H3,(H,24,31). The van der Waals surface area contributed by atoms with Gasteiger partial charge in [-0.1, -0.05) is 0 Å². The first kappa shape index (κ1) is 23.0. The number of methoxy groups -OCH3 is 4. The van der Waals surface area contributed by atoms with Crippen LogP contribution < -0.4 is 24.3 Å². The molecule has 1 aliphatic heterocycles. The zero-order valence-electron chi connectivity index (χ0n) is 18.5. The van der Waals surface area contributed by atoms with Crippen LogP contribution in [0.3, 0.4) is 0 Å². The van der Waals surface area contributed by atoms with Gasteiger partial charge >= 0.3 is 0 Å². The van der Waals surface area contributed by atoms with Gasteiger partial charge in [-0.25, -0.2) is 0 Å². The highest BCUT2D eigenvalue weighted by molar-refractivity contribution is 7.80. The fraction of sp³-hybridized carbons (Fsp3) is 0.435. The molecule has 0 spiro atoms. The third-order valence-corrected chi connectivity index (χ3v) is 5.53. The SMILES string of the molecule is COc1ccc(NC(=S)N(Cc2cc(OC)c(OC)c(OC)c2)CC2CCCO2)cc1. The Morgan fingerprint density at radius 1 is 1.03 bits per heavy atom. The summed E-state index contributed by atoms with van der Waals surface area (Å²) in [6.07, 6.45) is 2.25. The van der Waals surface area contributed by atoms with Crippen LogP contribution in [0.1, 0.15) is 18.4 Å². The first-order chi connectivity index (χ1) is 15.1. The van der Waals surface area contributed by atoms with Crippen molar-refractivity contribution in [2.24, 2.45) is 0 Å². The van der Waals surface area contributed by atoms with Crippen molar-refractivity contribution >= 4 is 23.0 Å². The number of ether oxygens (including phenoxy) is 5. The molecule has 1 heterocycles. The van der Waals surface area contributed by atoms with Crippen LogP contribution in [-0.4, -0.2) is 57.7 Å². The Morgan fingerprint density at radius 2 is 1.71 bits per heavy atom. The zero-order chi connectivity index (χ0) is 22.2. The zero-order valence-corrected chi connectivity index (χ0v) is 19.3. The van der Waals surface area contributed by atoms with Gasteiger partial charge in [0.15, 0.2) is 16.6 Å². The van der Waals surface area contributed by atoms with Crippen LogP contribution in [0, 0.1) is 0 Å². The van der Waals surface area contributed by atoms with Crippen LogP contribution in [0.25, 0.3) is 0 Å². The maximum absolute atomic E-state index is 5.86. The molecule has 1 unspecified atom stereocenters. The number of thiocarbonyl (C=S) groups is 1. The Kier molecular flexibility index (Phi) is 8.20. The Balaban J connectivity index is 1.81. The first-order valence-corrected chi connectivity index (χ1v) is 10.6. The summed E-state index contributed by atoms with van der Waals surface area (Å²) in [5.41, 5.74) is 1.89. The topological polar surface area (TPSA) is 61.4 Å². The van der Waals surface area contributed by atoms with Crippen molar-refractivity contribution in [3.63, 3.8) is 0 Å². The summed E-state index contributed by atoms with van der Waals surface area (Å²) < 4.78 is 27.5. The van der Waals surface area contributed by atoms with Gasteiger partial charge in [-0.3, -0.25) is 0 Å². The van der Waals surface area contributed by atoms with E-state index in [1.807, 2.05) is 36.4 Å². The molecule has 1 fully saturated rings. The summed E-state index contributed by atoms with van der Waals surface area (Å²) in [5.74, 6) is 2.59. The van der Waals surface area contributed by atoms with E-state index in [9.17, 15) is 0 Å². The molecule has 2 aromatic carbocycles. The second-order valence-corrected chi connectivity index (χ2v) is 7.59. The van der Waals surface area contributed by atoms with E-state index in [0.717, 1.165) is 36.4 Å². The Morgan fingerprint density at radius 3 is 2.23 bits per heavy atom. The highest BCUT2D eigenvalue weighted by Gasteiger charge is 2.22. The minimum absolute atomic E-state index is 0.151. The number of hydrogen-bond donors (Lipinski definition) is 1. The maximum Gasteiger partial charge on any atom is 0.203 e. The van der Waals surface area contributed by atoms with E-state index in [0.29, 0.717) is 35.5 Å². The Bertz CT molecular complexity index is 844. The molecule has 8 heteroatoms. The molecule has 3 rings (SSSR count). The smallest absolute Gasteiger partial charge is 0.203 e. The van der Waals surface area contributed by atoms with Gasteiger partial charge in [0.1, 0.15) is 5.75 Å². The van der Waals surface area contributed by atoms with Crippen LogP contribution in [0.5, 0.6) is 23.0 Å². The second-order valence-electron chi connectivity index (χ2n) is 7.21. The van der Waals surface area contributed by atoms with Gasteiger partial charge in [0, 0.05) is 25.4 Å². The molecule has 0 amide bonds. The molecule has 0 radical (unpaired) electrons. The summed E-state index contributed by atoms with van der Waals surface area (Å²) in [6, 6.07) is 11.6. The average molecular weight is 447 g/mol.